The summed E-state index contributed by atoms with van der Waals surface area (Å²) >= 11 is 0. The van der Waals surface area contributed by atoms with Gasteiger partial charge in [-0.05, 0) is 50.2 Å². The van der Waals surface area contributed by atoms with Gasteiger partial charge in [0.05, 0.1) is 18.0 Å². The Morgan fingerprint density at radius 3 is 2.56 bits per heavy atom. The van der Waals surface area contributed by atoms with Gasteiger partial charge in [0.1, 0.15) is 17.4 Å². The van der Waals surface area contributed by atoms with Crippen molar-refractivity contribution in [2.24, 2.45) is 5.73 Å². The molecule has 0 unspecified atom stereocenters. The summed E-state index contributed by atoms with van der Waals surface area (Å²) < 4.78 is 61.9. The van der Waals surface area contributed by atoms with Gasteiger partial charge in [-0.25, -0.2) is 17.2 Å². The molecule has 0 aliphatic heterocycles. The summed E-state index contributed by atoms with van der Waals surface area (Å²) in [5.74, 6) is -1.95. The zero-order valence-electron chi connectivity index (χ0n) is 19.2. The summed E-state index contributed by atoms with van der Waals surface area (Å²) in [4.78, 5) is 11.4. The van der Waals surface area contributed by atoms with Gasteiger partial charge in [-0.1, -0.05) is 0 Å². The first-order chi connectivity index (χ1) is 17.1. The number of aromatic nitrogens is 3. The molecular formula is C23H22F2N6O4S. The third kappa shape index (κ3) is 5.35. The van der Waals surface area contributed by atoms with Gasteiger partial charge in [-0.2, -0.15) is 0 Å². The highest BCUT2D eigenvalue weighted by Gasteiger charge is 2.18. The minimum absolute atomic E-state index is 0.144. The largest absolute Gasteiger partial charge is 0.454 e. The number of halogens is 2. The first-order valence-corrected chi connectivity index (χ1v) is 12.4. The molecule has 0 saturated carbocycles. The lowest BCUT2D eigenvalue weighted by molar-refractivity contribution is -0.116. The Balaban J connectivity index is 1.89. The highest BCUT2D eigenvalue weighted by atomic mass is 32.2. The molecule has 0 radical (unpaired) electrons. The number of ether oxygens (including phenoxy) is 1. The van der Waals surface area contributed by atoms with Gasteiger partial charge < -0.3 is 15.8 Å². The molecule has 0 saturated heterocycles. The summed E-state index contributed by atoms with van der Waals surface area (Å²) in [7, 11) is -3.59. The van der Waals surface area contributed by atoms with Crippen LogP contribution in [0.5, 0.6) is 11.5 Å². The van der Waals surface area contributed by atoms with Crippen LogP contribution in [-0.2, 0) is 14.8 Å². The molecule has 4 aromatic rings. The minimum atomic E-state index is -3.59. The van der Waals surface area contributed by atoms with Crippen LogP contribution in [0.1, 0.15) is 12.7 Å². The number of sulfonamides is 1. The molecule has 0 bridgehead atoms. The van der Waals surface area contributed by atoms with E-state index in [9.17, 15) is 22.0 Å². The van der Waals surface area contributed by atoms with Crippen molar-refractivity contribution in [2.75, 3.05) is 22.3 Å². The smallest absolute Gasteiger partial charge is 0.236 e. The molecule has 4 N–H and O–H groups in total. The van der Waals surface area contributed by atoms with Crippen molar-refractivity contribution in [1.82, 2.24) is 14.6 Å². The van der Waals surface area contributed by atoms with Crippen LogP contribution in [0.15, 0.2) is 48.7 Å². The number of benzene rings is 2. The van der Waals surface area contributed by atoms with Crippen molar-refractivity contribution >= 4 is 33.0 Å². The number of nitrogens with one attached hydrogen (secondary N) is 2. The number of primary amides is 1. The van der Waals surface area contributed by atoms with E-state index in [1.54, 1.807) is 23.6 Å². The van der Waals surface area contributed by atoms with Crippen molar-refractivity contribution in [3.63, 3.8) is 0 Å². The van der Waals surface area contributed by atoms with Crippen LogP contribution in [0.2, 0.25) is 0 Å². The number of nitrogens with zero attached hydrogens (tertiary/aromatic N) is 3. The van der Waals surface area contributed by atoms with Crippen LogP contribution >= 0.6 is 0 Å². The molecule has 0 aliphatic rings. The van der Waals surface area contributed by atoms with Gasteiger partial charge in [0, 0.05) is 29.1 Å². The number of carbonyl (C=O) groups is 1. The van der Waals surface area contributed by atoms with Gasteiger partial charge >= 0.3 is 0 Å². The van der Waals surface area contributed by atoms with Crippen LogP contribution < -0.4 is 20.5 Å². The number of carbonyl (C=O) groups excluding carboxylic acids is 1. The fourth-order valence-electron chi connectivity index (χ4n) is 3.40. The number of pyridine rings is 1. The van der Waals surface area contributed by atoms with Crippen LogP contribution in [-0.4, -0.2) is 41.2 Å². The summed E-state index contributed by atoms with van der Waals surface area (Å²) in [5.41, 5.74) is 7.22. The zero-order valence-corrected chi connectivity index (χ0v) is 20.1. The molecule has 4 rings (SSSR count). The van der Waals surface area contributed by atoms with E-state index in [4.69, 9.17) is 10.5 Å². The lowest BCUT2D eigenvalue weighted by Gasteiger charge is -2.16. The molecule has 13 heteroatoms. The van der Waals surface area contributed by atoms with Crippen molar-refractivity contribution in [3.05, 3.63) is 66.1 Å². The van der Waals surface area contributed by atoms with Gasteiger partial charge in [0.25, 0.3) is 0 Å². The highest BCUT2D eigenvalue weighted by molar-refractivity contribution is 7.92. The molecule has 188 valence electrons. The number of fused-ring (bicyclic) bond motifs is 1. The maximum atomic E-state index is 14.3. The van der Waals surface area contributed by atoms with Gasteiger partial charge in [0.15, 0.2) is 17.2 Å². The molecule has 36 heavy (non-hydrogen) atoms. The van der Waals surface area contributed by atoms with Crippen LogP contribution in [0.4, 0.5) is 20.2 Å². The molecule has 10 nitrogen and oxygen atoms in total. The number of anilines is 2. The molecule has 2 heterocycles. The molecule has 0 fully saturated rings. The SMILES string of the molecule is CCS(=O)(=O)Nc1ccc(Oc2ccc(F)cc2F)c(-c2cc(NCC(N)=O)c3nnc(C)n3c2)c1. The monoisotopic (exact) mass is 516 g/mol. The number of hydrogen-bond acceptors (Lipinski definition) is 7. The Hall–Kier alpha value is -4.26. The highest BCUT2D eigenvalue weighted by Crippen LogP contribution is 2.38. The molecule has 0 aliphatic carbocycles. The number of amides is 1. The van der Waals surface area contributed by atoms with E-state index in [2.05, 4.69) is 20.2 Å². The van der Waals surface area contributed by atoms with Crippen molar-refractivity contribution in [2.45, 2.75) is 13.8 Å². The van der Waals surface area contributed by atoms with E-state index < -0.39 is 27.6 Å². The summed E-state index contributed by atoms with van der Waals surface area (Å²) in [6.07, 6.45) is 1.68. The third-order valence-corrected chi connectivity index (χ3v) is 6.49. The van der Waals surface area contributed by atoms with Crippen LogP contribution in [0.25, 0.3) is 16.8 Å². The first-order valence-electron chi connectivity index (χ1n) is 10.7. The van der Waals surface area contributed by atoms with Crippen LogP contribution in [0, 0.1) is 18.6 Å². The fourth-order valence-corrected chi connectivity index (χ4v) is 4.03. The summed E-state index contributed by atoms with van der Waals surface area (Å²) in [6.45, 7) is 3.04. The van der Waals surface area contributed by atoms with E-state index in [0.717, 1.165) is 12.1 Å². The van der Waals surface area contributed by atoms with Gasteiger partial charge in [-0.3, -0.25) is 13.9 Å². The van der Waals surface area contributed by atoms with E-state index in [-0.39, 0.29) is 29.5 Å². The second kappa shape index (κ2) is 9.77. The number of rotatable bonds is 9. The number of aryl methyl sites for hydroxylation is 1. The molecule has 2 aromatic carbocycles. The Labute approximate surface area is 205 Å². The molecule has 2 aromatic heterocycles. The maximum Gasteiger partial charge on any atom is 0.236 e. The van der Waals surface area contributed by atoms with Crippen LogP contribution in [0.3, 0.4) is 0 Å². The Morgan fingerprint density at radius 1 is 1.11 bits per heavy atom. The Bertz CT molecular complexity index is 1570. The van der Waals surface area contributed by atoms with Crippen molar-refractivity contribution < 1.29 is 26.7 Å². The minimum Gasteiger partial charge on any atom is -0.454 e. The fraction of sp³-hybridized carbons (Fsp3) is 0.174. The Kier molecular flexibility index (Phi) is 6.75. The summed E-state index contributed by atoms with van der Waals surface area (Å²) in [6, 6.07) is 8.98. The molecule has 0 atom stereocenters. The normalized spacial score (nSPS) is 11.4. The average Bonchev–Trinajstić information content (AvgIpc) is 3.20. The predicted octanol–water partition coefficient (Wildman–Crippen LogP) is 3.43. The third-order valence-electron chi connectivity index (χ3n) is 5.19. The number of nitrogens with two attached hydrogens (primary N) is 1. The lowest BCUT2D eigenvalue weighted by atomic mass is 10.0. The standard InChI is InChI=1S/C23H22F2N6O4S/c1-3-36(33,34)30-16-5-7-20(35-21-6-4-15(24)9-18(21)25)17(10-16)14-8-19(27-11-22(26)32)23-29-28-13(2)31(23)12-14/h4-10,12,27,30H,3,11H2,1-2H3,(H2,26,32). The second-order valence-electron chi connectivity index (χ2n) is 7.80. The molecule has 0 spiro atoms. The molecule has 1 amide bonds. The van der Waals surface area contributed by atoms with E-state index in [1.165, 1.54) is 25.1 Å². The predicted molar refractivity (Wildman–Crippen MR) is 130 cm³/mol. The number of hydrogen-bond donors (Lipinski definition) is 3. The van der Waals surface area contributed by atoms with E-state index >= 15 is 0 Å². The van der Waals surface area contributed by atoms with Crippen molar-refractivity contribution in [3.8, 4) is 22.6 Å². The average molecular weight is 517 g/mol. The molecular weight excluding hydrogens is 494 g/mol. The van der Waals surface area contributed by atoms with E-state index in [0.29, 0.717) is 34.4 Å². The second-order valence-corrected chi connectivity index (χ2v) is 9.81. The summed E-state index contributed by atoms with van der Waals surface area (Å²) in [5, 5.41) is 11.1. The zero-order chi connectivity index (χ0) is 26.0. The quantitative estimate of drug-likeness (QED) is 0.310. The topological polar surface area (TPSA) is 141 Å². The van der Waals surface area contributed by atoms with Gasteiger partial charge in [-0.15, -0.1) is 10.2 Å². The lowest BCUT2D eigenvalue weighted by Crippen LogP contribution is -2.22. The van der Waals surface area contributed by atoms with E-state index in [1.807, 2.05) is 0 Å². The van der Waals surface area contributed by atoms with Gasteiger partial charge in [0.2, 0.25) is 15.9 Å². The maximum absolute atomic E-state index is 14.3. The van der Waals surface area contributed by atoms with Crippen molar-refractivity contribution in [1.29, 1.82) is 0 Å². The first kappa shape index (κ1) is 24.9. The Morgan fingerprint density at radius 2 is 1.86 bits per heavy atom.